The number of aliphatic hydroxyl groups excluding tert-OH is 3. The van der Waals surface area contributed by atoms with Gasteiger partial charge in [-0.25, -0.2) is 4.79 Å². The zero-order valence-corrected chi connectivity index (χ0v) is 10.5. The fourth-order valence-corrected chi connectivity index (χ4v) is 2.42. The first-order chi connectivity index (χ1) is 8.91. The van der Waals surface area contributed by atoms with E-state index in [1.807, 2.05) is 0 Å². The van der Waals surface area contributed by atoms with Crippen LogP contribution in [0, 0.1) is 0 Å². The van der Waals surface area contributed by atoms with Gasteiger partial charge < -0.3 is 20.4 Å². The maximum Gasteiger partial charge on any atom is 0.335 e. The zero-order chi connectivity index (χ0) is 14.2. The molecular formula is C13H13ClO5. The monoisotopic (exact) mass is 284 g/mol. The molecule has 1 aliphatic carbocycles. The molecule has 2 rings (SSSR count). The molecule has 1 aromatic rings. The highest BCUT2D eigenvalue weighted by molar-refractivity contribution is 6.31. The van der Waals surface area contributed by atoms with Crippen LogP contribution in [0.25, 0.3) is 0 Å². The normalized spacial score (nSPS) is 30.3. The second-order valence-electron chi connectivity index (χ2n) is 4.42. The van der Waals surface area contributed by atoms with Crippen LogP contribution in [0.4, 0.5) is 0 Å². The van der Waals surface area contributed by atoms with Crippen molar-refractivity contribution in [3.63, 3.8) is 0 Å². The summed E-state index contributed by atoms with van der Waals surface area (Å²) in [4.78, 5) is 10.9. The Morgan fingerprint density at radius 1 is 1.11 bits per heavy atom. The summed E-state index contributed by atoms with van der Waals surface area (Å²) in [6.45, 7) is 0. The Morgan fingerprint density at radius 3 is 2.37 bits per heavy atom. The summed E-state index contributed by atoms with van der Waals surface area (Å²) in [6.07, 6.45) is -0.772. The van der Waals surface area contributed by atoms with Crippen LogP contribution in [-0.4, -0.2) is 44.7 Å². The molecule has 0 spiro atoms. The fraction of sp³-hybridized carbons (Fsp3) is 0.308. The van der Waals surface area contributed by atoms with Crippen molar-refractivity contribution < 1.29 is 25.2 Å². The Bertz CT molecular complexity index is 528. The molecule has 1 aromatic carbocycles. The molecule has 0 saturated heterocycles. The number of halogens is 1. The molecule has 0 fully saturated rings. The second-order valence-corrected chi connectivity index (χ2v) is 4.83. The summed E-state index contributed by atoms with van der Waals surface area (Å²) in [6, 6.07) is 4.03. The molecule has 5 nitrogen and oxygen atoms in total. The molecule has 0 aliphatic heterocycles. The van der Waals surface area contributed by atoms with Crippen LogP contribution >= 0.6 is 11.6 Å². The molecular weight excluding hydrogens is 272 g/mol. The summed E-state index contributed by atoms with van der Waals surface area (Å²) < 4.78 is 0. The van der Waals surface area contributed by atoms with E-state index in [1.54, 1.807) is 0 Å². The summed E-state index contributed by atoms with van der Waals surface area (Å²) in [7, 11) is 0. The highest BCUT2D eigenvalue weighted by Crippen LogP contribution is 2.35. The Balaban J connectivity index is 2.48. The number of aromatic carboxylic acids is 1. The minimum Gasteiger partial charge on any atom is -0.478 e. The van der Waals surface area contributed by atoms with E-state index in [2.05, 4.69) is 0 Å². The van der Waals surface area contributed by atoms with E-state index in [0.717, 1.165) is 0 Å². The van der Waals surface area contributed by atoms with Crippen LogP contribution in [-0.2, 0) is 0 Å². The Hall–Kier alpha value is -1.40. The van der Waals surface area contributed by atoms with Crippen LogP contribution in [0.1, 0.15) is 21.8 Å². The van der Waals surface area contributed by atoms with Gasteiger partial charge in [-0.1, -0.05) is 23.8 Å². The van der Waals surface area contributed by atoms with E-state index in [9.17, 15) is 20.1 Å². The van der Waals surface area contributed by atoms with Gasteiger partial charge in [-0.3, -0.25) is 0 Å². The van der Waals surface area contributed by atoms with E-state index in [-0.39, 0.29) is 10.6 Å². The number of carbonyl (C=O) groups is 1. The molecule has 4 unspecified atom stereocenters. The smallest absolute Gasteiger partial charge is 0.335 e. The summed E-state index contributed by atoms with van der Waals surface area (Å²) in [5.41, 5.74) is 0.299. The SMILES string of the molecule is O=C(O)c1ccc(Cl)c(C2C(O)C=CC(O)C2O)c1. The molecule has 4 atom stereocenters. The lowest BCUT2D eigenvalue weighted by atomic mass is 9.81. The van der Waals surface area contributed by atoms with Gasteiger partial charge in [0, 0.05) is 10.9 Å². The average Bonchev–Trinajstić information content (AvgIpc) is 2.36. The van der Waals surface area contributed by atoms with Crippen molar-refractivity contribution in [1.82, 2.24) is 0 Å². The van der Waals surface area contributed by atoms with Gasteiger partial charge in [-0.2, -0.15) is 0 Å². The first-order valence-corrected chi connectivity index (χ1v) is 6.05. The van der Waals surface area contributed by atoms with E-state index < -0.39 is 30.2 Å². The standard InChI is InChI=1S/C13H13ClO5/c14-8-2-1-6(13(18)19)5-7(8)11-9(15)3-4-10(16)12(11)17/h1-5,9-12,15-17H,(H,18,19). The summed E-state index contributed by atoms with van der Waals surface area (Å²) in [5, 5.41) is 38.6. The molecule has 6 heteroatoms. The van der Waals surface area contributed by atoms with Gasteiger partial charge in [0.1, 0.15) is 0 Å². The van der Waals surface area contributed by atoms with E-state index in [1.165, 1.54) is 30.4 Å². The lowest BCUT2D eigenvalue weighted by molar-refractivity contribution is -0.00899. The maximum absolute atomic E-state index is 10.9. The van der Waals surface area contributed by atoms with Gasteiger partial charge in [-0.05, 0) is 23.8 Å². The third-order valence-electron chi connectivity index (χ3n) is 3.19. The topological polar surface area (TPSA) is 98.0 Å². The Labute approximate surface area is 114 Å². The number of carboxylic acid groups (broad SMARTS) is 1. The quantitative estimate of drug-likeness (QED) is 0.602. The van der Waals surface area contributed by atoms with Crippen LogP contribution in [0.15, 0.2) is 30.4 Å². The van der Waals surface area contributed by atoms with Crippen molar-refractivity contribution in [2.45, 2.75) is 24.2 Å². The number of hydrogen-bond donors (Lipinski definition) is 4. The van der Waals surface area contributed by atoms with Crippen LogP contribution in [0.5, 0.6) is 0 Å². The van der Waals surface area contributed by atoms with Gasteiger partial charge in [0.2, 0.25) is 0 Å². The average molecular weight is 285 g/mol. The van der Waals surface area contributed by atoms with Crippen LogP contribution < -0.4 is 0 Å². The molecule has 1 aliphatic rings. The first-order valence-electron chi connectivity index (χ1n) is 5.67. The van der Waals surface area contributed by atoms with Crippen molar-refractivity contribution in [3.8, 4) is 0 Å². The molecule has 0 heterocycles. The van der Waals surface area contributed by atoms with Crippen molar-refractivity contribution in [2.75, 3.05) is 0 Å². The molecule has 0 radical (unpaired) electrons. The number of rotatable bonds is 2. The number of carboxylic acids is 1. The number of aliphatic hydroxyl groups is 3. The van der Waals surface area contributed by atoms with Crippen LogP contribution in [0.2, 0.25) is 5.02 Å². The summed E-state index contributed by atoms with van der Waals surface area (Å²) in [5.74, 6) is -2.00. The van der Waals surface area contributed by atoms with Crippen molar-refractivity contribution in [3.05, 3.63) is 46.5 Å². The van der Waals surface area contributed by atoms with Crippen LogP contribution in [0.3, 0.4) is 0 Å². The van der Waals surface area contributed by atoms with E-state index in [4.69, 9.17) is 16.7 Å². The highest BCUT2D eigenvalue weighted by Gasteiger charge is 2.36. The Kier molecular flexibility index (Phi) is 3.91. The lowest BCUT2D eigenvalue weighted by Gasteiger charge is -2.32. The molecule has 0 bridgehead atoms. The van der Waals surface area contributed by atoms with Crippen molar-refractivity contribution in [2.24, 2.45) is 0 Å². The third-order valence-corrected chi connectivity index (χ3v) is 3.54. The highest BCUT2D eigenvalue weighted by atomic mass is 35.5. The molecule has 19 heavy (non-hydrogen) atoms. The third kappa shape index (κ3) is 2.64. The molecule has 0 amide bonds. The zero-order valence-electron chi connectivity index (χ0n) is 9.77. The molecule has 102 valence electrons. The van der Waals surface area contributed by atoms with Crippen molar-refractivity contribution in [1.29, 1.82) is 0 Å². The van der Waals surface area contributed by atoms with E-state index in [0.29, 0.717) is 5.56 Å². The fourth-order valence-electron chi connectivity index (χ4n) is 2.18. The largest absolute Gasteiger partial charge is 0.478 e. The molecule has 0 aromatic heterocycles. The predicted octanol–water partition coefficient (Wildman–Crippen LogP) is 0.774. The second kappa shape index (κ2) is 5.30. The van der Waals surface area contributed by atoms with E-state index >= 15 is 0 Å². The van der Waals surface area contributed by atoms with Gasteiger partial charge in [-0.15, -0.1) is 0 Å². The van der Waals surface area contributed by atoms with Gasteiger partial charge in [0.05, 0.1) is 23.9 Å². The number of benzene rings is 1. The lowest BCUT2D eigenvalue weighted by Crippen LogP contribution is -2.40. The predicted molar refractivity (Wildman–Crippen MR) is 68.3 cm³/mol. The minimum atomic E-state index is -1.25. The van der Waals surface area contributed by atoms with Gasteiger partial charge in [0.15, 0.2) is 0 Å². The first kappa shape index (κ1) is 14.0. The number of hydrogen-bond acceptors (Lipinski definition) is 4. The maximum atomic E-state index is 10.9. The van der Waals surface area contributed by atoms with Gasteiger partial charge >= 0.3 is 5.97 Å². The Morgan fingerprint density at radius 2 is 1.74 bits per heavy atom. The van der Waals surface area contributed by atoms with Gasteiger partial charge in [0.25, 0.3) is 0 Å². The minimum absolute atomic E-state index is 0.00263. The van der Waals surface area contributed by atoms with Crippen molar-refractivity contribution >= 4 is 17.6 Å². The molecule has 4 N–H and O–H groups in total. The summed E-state index contributed by atoms with van der Waals surface area (Å²) >= 11 is 5.99. The molecule has 0 saturated carbocycles.